The molecule has 6 heteroatoms. The molecule has 0 aromatic rings. The summed E-state index contributed by atoms with van der Waals surface area (Å²) in [5, 5.41) is 0. The summed E-state index contributed by atoms with van der Waals surface area (Å²) in [4.78, 5) is 11.9. The molecule has 0 rings (SSSR count). The molecular formula is C19H42O4Sn2. The Morgan fingerprint density at radius 3 is 1.36 bits per heavy atom. The van der Waals surface area contributed by atoms with E-state index < -0.39 is 38.4 Å². The second kappa shape index (κ2) is 15.0. The van der Waals surface area contributed by atoms with E-state index in [0.29, 0.717) is 0 Å². The van der Waals surface area contributed by atoms with E-state index >= 15 is 0 Å². The number of carbonyl (C=O) groups excluding carboxylic acids is 1. The van der Waals surface area contributed by atoms with E-state index in [0.717, 1.165) is 69.1 Å². The molecular weight excluding hydrogens is 530 g/mol. The summed E-state index contributed by atoms with van der Waals surface area (Å²) < 4.78 is 23.5. The first-order valence-corrected chi connectivity index (χ1v) is 23.1. The van der Waals surface area contributed by atoms with E-state index in [1.165, 1.54) is 0 Å². The average molecular weight is 572 g/mol. The fourth-order valence-electron chi connectivity index (χ4n) is 3.21. The molecule has 0 N–H and O–H groups in total. The van der Waals surface area contributed by atoms with Gasteiger partial charge in [0.05, 0.1) is 0 Å². The summed E-state index contributed by atoms with van der Waals surface area (Å²) in [6.07, 6.45) is 9.09. The summed E-state index contributed by atoms with van der Waals surface area (Å²) in [5.41, 5.74) is 0. The number of carbonyl (C=O) groups is 1. The van der Waals surface area contributed by atoms with Gasteiger partial charge in [0, 0.05) is 0 Å². The maximum atomic E-state index is 11.9. The quantitative estimate of drug-likeness (QED) is 0.204. The van der Waals surface area contributed by atoms with Gasteiger partial charge in [-0.15, -0.1) is 0 Å². The minimum absolute atomic E-state index is 0.148. The van der Waals surface area contributed by atoms with E-state index in [4.69, 9.17) is 7.56 Å². The van der Waals surface area contributed by atoms with E-state index in [1.807, 2.05) is 7.11 Å². The summed E-state index contributed by atoms with van der Waals surface area (Å²) in [6.45, 7) is 10.4. The Kier molecular flexibility index (Phi) is 15.6. The zero-order valence-corrected chi connectivity index (χ0v) is 23.3. The molecule has 0 aromatic heterocycles. The summed E-state index contributed by atoms with van der Waals surface area (Å²) >= 11 is -6.62. The molecule has 0 radical (unpaired) electrons. The molecule has 0 fully saturated rings. The van der Waals surface area contributed by atoms with Gasteiger partial charge in [-0.25, -0.2) is 0 Å². The van der Waals surface area contributed by atoms with E-state index in [-0.39, 0.29) is 5.97 Å². The Labute approximate surface area is 166 Å². The van der Waals surface area contributed by atoms with Crippen LogP contribution in [0, 0.1) is 0 Å². The molecule has 0 heterocycles. The Bertz CT molecular complexity index is 334. The summed E-state index contributed by atoms with van der Waals surface area (Å²) in [5.74, 6) is -0.148. The summed E-state index contributed by atoms with van der Waals surface area (Å²) in [7, 11) is 1.85. The van der Waals surface area contributed by atoms with Crippen LogP contribution in [0.1, 0.15) is 86.0 Å². The molecule has 0 bridgehead atoms. The molecule has 0 aliphatic carbocycles. The van der Waals surface area contributed by atoms with E-state index in [9.17, 15) is 4.79 Å². The molecule has 0 aromatic carbocycles. The monoisotopic (exact) mass is 574 g/mol. The number of unbranched alkanes of at least 4 members (excludes halogenated alkanes) is 4. The number of hydrogen-bond acceptors (Lipinski definition) is 4. The van der Waals surface area contributed by atoms with Crippen molar-refractivity contribution < 1.29 is 12.4 Å². The molecule has 0 unspecified atom stereocenters. The van der Waals surface area contributed by atoms with Crippen molar-refractivity contribution in [1.82, 2.24) is 0 Å². The standard InChI is InChI=1S/4C4H9.C2H4O2.CH3O.O.2Sn/c4*1-3-4-2;1-2(3)4;1-2;;;/h4*1,3-4H2,2H3;1H3,(H,3,4);1H3;;;/q;;;;;-1;;2*+1/p-1. The van der Waals surface area contributed by atoms with Gasteiger partial charge in [0.2, 0.25) is 0 Å². The zero-order valence-electron chi connectivity index (χ0n) is 17.6. The molecule has 150 valence electrons. The van der Waals surface area contributed by atoms with Gasteiger partial charge in [-0.2, -0.15) is 0 Å². The molecule has 0 saturated carbocycles. The fourth-order valence-corrected chi connectivity index (χ4v) is 44.7. The zero-order chi connectivity index (χ0) is 19.2. The second-order valence-corrected chi connectivity index (χ2v) is 29.5. The summed E-state index contributed by atoms with van der Waals surface area (Å²) in [6, 6.07) is 0. The first kappa shape index (κ1) is 26.0. The number of hydrogen-bond donors (Lipinski definition) is 0. The van der Waals surface area contributed by atoms with Gasteiger partial charge < -0.3 is 0 Å². The van der Waals surface area contributed by atoms with Crippen molar-refractivity contribution >= 4 is 44.4 Å². The van der Waals surface area contributed by atoms with Gasteiger partial charge >= 0.3 is 168 Å². The Morgan fingerprint density at radius 1 is 0.720 bits per heavy atom. The van der Waals surface area contributed by atoms with Crippen LogP contribution < -0.4 is 0 Å². The van der Waals surface area contributed by atoms with Crippen molar-refractivity contribution in [3.8, 4) is 0 Å². The van der Waals surface area contributed by atoms with Gasteiger partial charge in [0.25, 0.3) is 0 Å². The van der Waals surface area contributed by atoms with Crippen LogP contribution in [0.25, 0.3) is 0 Å². The predicted octanol–water partition coefficient (Wildman–Crippen LogP) is 6.30. The topological polar surface area (TPSA) is 44.8 Å². The van der Waals surface area contributed by atoms with Gasteiger partial charge in [0.1, 0.15) is 0 Å². The van der Waals surface area contributed by atoms with Crippen molar-refractivity contribution in [1.29, 1.82) is 0 Å². The molecule has 0 spiro atoms. The third-order valence-electron chi connectivity index (χ3n) is 4.72. The van der Waals surface area contributed by atoms with Crippen LogP contribution in [0.4, 0.5) is 0 Å². The molecule has 0 aliphatic heterocycles. The Morgan fingerprint density at radius 2 is 1.08 bits per heavy atom. The normalized spacial score (nSPS) is 12.4. The van der Waals surface area contributed by atoms with Crippen LogP contribution in [0.5, 0.6) is 0 Å². The van der Waals surface area contributed by atoms with Crippen molar-refractivity contribution in [2.45, 2.75) is 104 Å². The van der Waals surface area contributed by atoms with Crippen LogP contribution in [-0.2, 0) is 12.4 Å². The fraction of sp³-hybridized carbons (Fsp3) is 0.947. The van der Waals surface area contributed by atoms with Crippen LogP contribution in [0.2, 0.25) is 17.7 Å². The molecule has 0 amide bonds. The minimum atomic E-state index is -3.44. The van der Waals surface area contributed by atoms with Crippen LogP contribution in [0.15, 0.2) is 0 Å². The van der Waals surface area contributed by atoms with E-state index in [1.54, 1.807) is 6.92 Å². The van der Waals surface area contributed by atoms with Crippen LogP contribution in [0.3, 0.4) is 0 Å². The SMILES string of the molecule is CCC[CH2][Sn]([CH2]CCC)([O]C)[O][Sn]([CH2]CCC)([CH2]CCC)[O]C(C)=O. The van der Waals surface area contributed by atoms with Gasteiger partial charge in [-0.3, -0.25) is 0 Å². The van der Waals surface area contributed by atoms with Crippen molar-refractivity contribution in [3.63, 3.8) is 0 Å². The molecule has 0 aliphatic rings. The second-order valence-electron chi connectivity index (χ2n) is 7.14. The molecule has 4 nitrogen and oxygen atoms in total. The van der Waals surface area contributed by atoms with Gasteiger partial charge in [0.15, 0.2) is 0 Å². The van der Waals surface area contributed by atoms with Crippen molar-refractivity contribution in [2.75, 3.05) is 7.11 Å². The number of rotatable bonds is 16. The maximum absolute atomic E-state index is 11.9. The Balaban J connectivity index is 5.57. The average Bonchev–Trinajstić information content (AvgIpc) is 2.60. The molecule has 25 heavy (non-hydrogen) atoms. The van der Waals surface area contributed by atoms with Crippen molar-refractivity contribution in [3.05, 3.63) is 0 Å². The third-order valence-corrected chi connectivity index (χ3v) is 37.8. The third kappa shape index (κ3) is 10.8. The van der Waals surface area contributed by atoms with Gasteiger partial charge in [-0.05, 0) is 0 Å². The first-order valence-electron chi connectivity index (χ1n) is 10.4. The molecule has 0 saturated heterocycles. The Hall–Kier alpha value is 0.987. The van der Waals surface area contributed by atoms with E-state index in [2.05, 4.69) is 27.7 Å². The van der Waals surface area contributed by atoms with Gasteiger partial charge in [-0.1, -0.05) is 0 Å². The molecule has 0 atom stereocenters. The van der Waals surface area contributed by atoms with Crippen LogP contribution in [-0.4, -0.2) is 51.5 Å². The first-order chi connectivity index (χ1) is 11.9. The predicted molar refractivity (Wildman–Crippen MR) is 110 cm³/mol. The van der Waals surface area contributed by atoms with Crippen LogP contribution >= 0.6 is 0 Å². The van der Waals surface area contributed by atoms with Crippen molar-refractivity contribution in [2.24, 2.45) is 0 Å².